The summed E-state index contributed by atoms with van der Waals surface area (Å²) in [4.78, 5) is 14.1. The van der Waals surface area contributed by atoms with E-state index in [2.05, 4.69) is 39.1 Å². The highest BCUT2D eigenvalue weighted by molar-refractivity contribution is 5.86. The van der Waals surface area contributed by atoms with Gasteiger partial charge < -0.3 is 15.4 Å². The van der Waals surface area contributed by atoms with Crippen molar-refractivity contribution in [2.45, 2.75) is 6.04 Å². The first-order valence-electron chi connectivity index (χ1n) is 9.59. The molecule has 0 aliphatic carbocycles. The van der Waals surface area contributed by atoms with Crippen molar-refractivity contribution in [3.05, 3.63) is 36.0 Å². The molecule has 10 heteroatoms. The summed E-state index contributed by atoms with van der Waals surface area (Å²) < 4.78 is 7.06. The smallest absolute Gasteiger partial charge is 0.229 e. The normalized spacial score (nSPS) is 23.2. The molecule has 8 nitrogen and oxygen atoms in total. The first-order chi connectivity index (χ1) is 13.5. The number of ether oxygens (including phenoxy) is 1. The predicted octanol–water partition coefficient (Wildman–Crippen LogP) is 2.54. The van der Waals surface area contributed by atoms with Crippen LogP contribution >= 0.6 is 24.8 Å². The van der Waals surface area contributed by atoms with Gasteiger partial charge in [0.25, 0.3) is 0 Å². The molecule has 0 spiro atoms. The zero-order chi connectivity index (χ0) is 19.4. The van der Waals surface area contributed by atoms with Crippen LogP contribution in [0.25, 0.3) is 11.0 Å². The lowest BCUT2D eigenvalue weighted by atomic mass is 9.89. The summed E-state index contributed by atoms with van der Waals surface area (Å²) in [6.07, 6.45) is 1.72. The second kappa shape index (κ2) is 8.45. The van der Waals surface area contributed by atoms with Gasteiger partial charge in [-0.25, -0.2) is 0 Å². The van der Waals surface area contributed by atoms with E-state index in [-0.39, 0.29) is 24.8 Å². The van der Waals surface area contributed by atoms with Crippen molar-refractivity contribution >= 4 is 47.6 Å². The fourth-order valence-corrected chi connectivity index (χ4v) is 4.90. The molecule has 0 unspecified atom stereocenters. The van der Waals surface area contributed by atoms with Crippen LogP contribution in [-0.4, -0.2) is 58.4 Å². The Kier molecular flexibility index (Phi) is 6.31. The maximum Gasteiger partial charge on any atom is 0.229 e. The van der Waals surface area contributed by atoms with Crippen molar-refractivity contribution in [3.8, 4) is 5.75 Å². The van der Waals surface area contributed by atoms with E-state index in [9.17, 15) is 0 Å². The maximum absolute atomic E-state index is 6.17. The Bertz CT molecular complexity index is 1030. The van der Waals surface area contributed by atoms with Gasteiger partial charge in [-0.3, -0.25) is 9.58 Å². The van der Waals surface area contributed by atoms with Gasteiger partial charge in [-0.1, -0.05) is 12.1 Å². The third kappa shape index (κ3) is 3.53. The fraction of sp³-hybridized carbons (Fsp3) is 0.450. The summed E-state index contributed by atoms with van der Waals surface area (Å²) in [5.74, 6) is 3.21. The van der Waals surface area contributed by atoms with Gasteiger partial charge in [0.05, 0.1) is 18.7 Å². The number of nitrogens with zero attached hydrogens (tertiary/aromatic N) is 6. The SMILES string of the molecule is COc1ccc([C@@H]2[C@@H]3CN(c4nc(N)c5cnn(C)c5n4)C[C@@H]3CN2C)cc1.Cl.Cl. The van der Waals surface area contributed by atoms with Crippen molar-refractivity contribution in [1.29, 1.82) is 0 Å². The van der Waals surface area contributed by atoms with Gasteiger partial charge in [0.2, 0.25) is 5.95 Å². The van der Waals surface area contributed by atoms with E-state index in [1.54, 1.807) is 18.0 Å². The highest BCUT2D eigenvalue weighted by Crippen LogP contribution is 2.45. The summed E-state index contributed by atoms with van der Waals surface area (Å²) in [5, 5.41) is 5.06. The molecular formula is C20H27Cl2N7O. The number of nitrogens with two attached hydrogens (primary N) is 1. The van der Waals surface area contributed by atoms with Crippen LogP contribution in [0, 0.1) is 11.8 Å². The summed E-state index contributed by atoms with van der Waals surface area (Å²) in [6, 6.07) is 8.84. The van der Waals surface area contributed by atoms with Crippen LogP contribution in [0.3, 0.4) is 0 Å². The third-order valence-electron chi connectivity index (χ3n) is 6.24. The molecule has 4 heterocycles. The van der Waals surface area contributed by atoms with E-state index < -0.39 is 0 Å². The van der Waals surface area contributed by atoms with E-state index >= 15 is 0 Å². The molecule has 2 saturated heterocycles. The Morgan fingerprint density at radius 3 is 2.47 bits per heavy atom. The van der Waals surface area contributed by atoms with Crippen LogP contribution in [0.5, 0.6) is 5.75 Å². The second-order valence-electron chi connectivity index (χ2n) is 7.90. The van der Waals surface area contributed by atoms with Gasteiger partial charge in [0.1, 0.15) is 11.6 Å². The predicted molar refractivity (Wildman–Crippen MR) is 123 cm³/mol. The Morgan fingerprint density at radius 1 is 1.03 bits per heavy atom. The number of nitrogen functional groups attached to an aromatic ring is 1. The number of aryl methyl sites for hydroxylation is 1. The summed E-state index contributed by atoms with van der Waals surface area (Å²) in [6.45, 7) is 2.94. The van der Waals surface area contributed by atoms with Crippen LogP contribution < -0.4 is 15.4 Å². The minimum absolute atomic E-state index is 0. The number of fused-ring (bicyclic) bond motifs is 2. The lowest BCUT2D eigenvalue weighted by Crippen LogP contribution is -2.30. The van der Waals surface area contributed by atoms with Gasteiger partial charge >= 0.3 is 0 Å². The first-order valence-corrected chi connectivity index (χ1v) is 9.59. The Labute approximate surface area is 188 Å². The van der Waals surface area contributed by atoms with Gasteiger partial charge in [0, 0.05) is 38.6 Å². The molecule has 3 aromatic rings. The minimum atomic E-state index is 0. The number of methoxy groups -OCH3 is 1. The van der Waals surface area contributed by atoms with Crippen LogP contribution in [0.4, 0.5) is 11.8 Å². The molecule has 2 fully saturated rings. The van der Waals surface area contributed by atoms with E-state index in [4.69, 9.17) is 15.5 Å². The number of likely N-dealkylation sites (tertiary alicyclic amines) is 1. The monoisotopic (exact) mass is 451 g/mol. The van der Waals surface area contributed by atoms with Crippen molar-refractivity contribution in [2.75, 3.05) is 44.4 Å². The number of hydrogen-bond donors (Lipinski definition) is 1. The van der Waals surface area contributed by atoms with Crippen LogP contribution in [0.2, 0.25) is 0 Å². The van der Waals surface area contributed by atoms with Crippen LogP contribution in [-0.2, 0) is 7.05 Å². The number of anilines is 2. The van der Waals surface area contributed by atoms with Gasteiger partial charge in [-0.15, -0.1) is 24.8 Å². The van der Waals surface area contributed by atoms with Gasteiger partial charge in [0.15, 0.2) is 5.65 Å². The molecule has 0 bridgehead atoms. The number of hydrogen-bond acceptors (Lipinski definition) is 7. The molecule has 3 atom stereocenters. The average molecular weight is 452 g/mol. The molecule has 2 N–H and O–H groups in total. The van der Waals surface area contributed by atoms with Gasteiger partial charge in [-0.2, -0.15) is 15.1 Å². The number of halogens is 2. The van der Waals surface area contributed by atoms with Crippen molar-refractivity contribution in [2.24, 2.45) is 18.9 Å². The number of benzene rings is 1. The van der Waals surface area contributed by atoms with Crippen LogP contribution in [0.15, 0.2) is 30.5 Å². The van der Waals surface area contributed by atoms with E-state index in [1.165, 1.54) is 5.56 Å². The van der Waals surface area contributed by atoms with Gasteiger partial charge in [-0.05, 0) is 30.7 Å². The highest BCUT2D eigenvalue weighted by Gasteiger charge is 2.46. The van der Waals surface area contributed by atoms with E-state index in [0.29, 0.717) is 29.6 Å². The summed E-state index contributed by atoms with van der Waals surface area (Å²) in [5.41, 5.74) is 8.28. The molecular weight excluding hydrogens is 425 g/mol. The molecule has 0 radical (unpaired) electrons. The molecule has 0 saturated carbocycles. The summed E-state index contributed by atoms with van der Waals surface area (Å²) >= 11 is 0. The molecule has 1 aromatic carbocycles. The van der Waals surface area contributed by atoms with E-state index in [1.807, 2.05) is 19.2 Å². The van der Waals surface area contributed by atoms with Crippen LogP contribution in [0.1, 0.15) is 11.6 Å². The molecule has 5 rings (SSSR count). The topological polar surface area (TPSA) is 85.3 Å². The average Bonchev–Trinajstić information content (AvgIpc) is 3.35. The second-order valence-corrected chi connectivity index (χ2v) is 7.90. The molecule has 30 heavy (non-hydrogen) atoms. The number of rotatable bonds is 3. The quantitative estimate of drug-likeness (QED) is 0.654. The zero-order valence-electron chi connectivity index (χ0n) is 17.2. The Balaban J connectivity index is 0.00000128. The van der Waals surface area contributed by atoms with Crippen molar-refractivity contribution in [1.82, 2.24) is 24.6 Å². The van der Waals surface area contributed by atoms with E-state index in [0.717, 1.165) is 36.4 Å². The molecule has 162 valence electrons. The minimum Gasteiger partial charge on any atom is -0.497 e. The molecule has 2 aromatic heterocycles. The lowest BCUT2D eigenvalue weighted by molar-refractivity contribution is 0.279. The highest BCUT2D eigenvalue weighted by atomic mass is 35.5. The van der Waals surface area contributed by atoms with Crippen molar-refractivity contribution in [3.63, 3.8) is 0 Å². The van der Waals surface area contributed by atoms with Crippen molar-refractivity contribution < 1.29 is 4.74 Å². The molecule has 2 aliphatic heterocycles. The standard InChI is InChI=1S/C20H25N7O.2ClH/c1-25-9-13-10-27(20-23-18(21)15-8-22-26(2)19(15)24-20)11-16(13)17(25)12-4-6-14(28-3)7-5-12;;/h4-8,13,16-17H,9-11H2,1-3H3,(H2,21,23,24);2*1H/t13-,16+,17+;;/m0../s1. The molecule has 0 amide bonds. The third-order valence-corrected chi connectivity index (χ3v) is 6.24. The first kappa shape index (κ1) is 22.4. The molecule has 2 aliphatic rings. The summed E-state index contributed by atoms with van der Waals surface area (Å²) in [7, 11) is 5.80. The number of aromatic nitrogens is 4. The lowest BCUT2D eigenvalue weighted by Gasteiger charge is -2.27. The Hall–Kier alpha value is -2.29. The zero-order valence-corrected chi connectivity index (χ0v) is 18.9. The fourth-order valence-electron chi connectivity index (χ4n) is 4.90. The largest absolute Gasteiger partial charge is 0.497 e. The Morgan fingerprint density at radius 2 is 1.77 bits per heavy atom. The maximum atomic E-state index is 6.17.